The number of rotatable bonds is 6. The second kappa shape index (κ2) is 8.25. The molecule has 1 aromatic carbocycles. The lowest BCUT2D eigenvalue weighted by Gasteiger charge is -2.31. The van der Waals surface area contributed by atoms with Crippen LogP contribution in [-0.4, -0.2) is 44.2 Å². The van der Waals surface area contributed by atoms with Gasteiger partial charge in [-0.15, -0.1) is 0 Å². The first-order valence-corrected chi connectivity index (χ1v) is 7.72. The van der Waals surface area contributed by atoms with Crippen molar-refractivity contribution >= 4 is 17.5 Å². The van der Waals surface area contributed by atoms with E-state index in [1.165, 1.54) is 0 Å². The predicted octanol–water partition coefficient (Wildman–Crippen LogP) is 2.99. The molecular weight excluding hydrogens is 290 g/mol. The van der Waals surface area contributed by atoms with Crippen LogP contribution in [0.4, 0.5) is 0 Å². The van der Waals surface area contributed by atoms with E-state index in [0.717, 1.165) is 39.0 Å². The first kappa shape index (κ1) is 16.1. The lowest BCUT2D eigenvalue weighted by Crippen LogP contribution is -2.41. The van der Waals surface area contributed by atoms with E-state index in [4.69, 9.17) is 21.1 Å². The molecule has 1 aliphatic heterocycles. The molecule has 0 aliphatic carbocycles. The summed E-state index contributed by atoms with van der Waals surface area (Å²) in [6, 6.07) is 7.10. The summed E-state index contributed by atoms with van der Waals surface area (Å²) in [4.78, 5) is 14.0. The molecule has 0 saturated carbocycles. The van der Waals surface area contributed by atoms with Crippen LogP contribution in [-0.2, 0) is 9.53 Å². The van der Waals surface area contributed by atoms with Crippen LogP contribution in [0.25, 0.3) is 0 Å². The average molecular weight is 312 g/mol. The standard InChI is InChI=1S/C16H22ClNO3/c1-20-10-7-13-5-8-18(9-6-13)16(19)12-21-15-4-2-3-14(17)11-15/h2-4,11,13H,5-10,12H2,1H3. The SMILES string of the molecule is COCCC1CCN(C(=O)COc2cccc(Cl)c2)CC1. The number of likely N-dealkylation sites (tertiary alicyclic amines) is 1. The number of methoxy groups -OCH3 is 1. The van der Waals surface area contributed by atoms with Gasteiger partial charge >= 0.3 is 0 Å². The molecule has 4 nitrogen and oxygen atoms in total. The predicted molar refractivity (Wildman–Crippen MR) is 82.7 cm³/mol. The Morgan fingerprint density at radius 3 is 2.81 bits per heavy atom. The van der Waals surface area contributed by atoms with Crippen LogP contribution >= 0.6 is 11.6 Å². The van der Waals surface area contributed by atoms with Gasteiger partial charge < -0.3 is 14.4 Å². The Morgan fingerprint density at radius 1 is 1.38 bits per heavy atom. The van der Waals surface area contributed by atoms with Crippen LogP contribution in [0.1, 0.15) is 19.3 Å². The quantitative estimate of drug-likeness (QED) is 0.810. The van der Waals surface area contributed by atoms with E-state index in [0.29, 0.717) is 16.7 Å². The molecule has 1 saturated heterocycles. The topological polar surface area (TPSA) is 38.8 Å². The highest BCUT2D eigenvalue weighted by atomic mass is 35.5. The first-order chi connectivity index (χ1) is 10.2. The van der Waals surface area contributed by atoms with E-state index in [1.54, 1.807) is 25.3 Å². The minimum atomic E-state index is 0.0418. The van der Waals surface area contributed by atoms with Gasteiger partial charge in [0, 0.05) is 31.8 Å². The van der Waals surface area contributed by atoms with Crippen LogP contribution in [0, 0.1) is 5.92 Å². The fraction of sp³-hybridized carbons (Fsp3) is 0.562. The molecule has 0 N–H and O–H groups in total. The highest BCUT2D eigenvalue weighted by Crippen LogP contribution is 2.21. The number of carbonyl (C=O) groups is 1. The van der Waals surface area contributed by atoms with E-state index in [1.807, 2.05) is 11.0 Å². The van der Waals surface area contributed by atoms with E-state index in [-0.39, 0.29) is 12.5 Å². The summed E-state index contributed by atoms with van der Waals surface area (Å²) in [5.74, 6) is 1.34. The molecule has 21 heavy (non-hydrogen) atoms. The van der Waals surface area contributed by atoms with Crippen LogP contribution in [0.5, 0.6) is 5.75 Å². The summed E-state index contributed by atoms with van der Waals surface area (Å²) in [5.41, 5.74) is 0. The van der Waals surface area contributed by atoms with E-state index in [9.17, 15) is 4.79 Å². The Hall–Kier alpha value is -1.26. The highest BCUT2D eigenvalue weighted by Gasteiger charge is 2.22. The zero-order valence-electron chi connectivity index (χ0n) is 12.4. The molecule has 0 spiro atoms. The minimum absolute atomic E-state index is 0.0418. The van der Waals surface area contributed by atoms with Crippen molar-refractivity contribution in [3.63, 3.8) is 0 Å². The fourth-order valence-corrected chi connectivity index (χ4v) is 2.73. The van der Waals surface area contributed by atoms with Crippen LogP contribution < -0.4 is 4.74 Å². The van der Waals surface area contributed by atoms with Gasteiger partial charge in [-0.25, -0.2) is 0 Å². The monoisotopic (exact) mass is 311 g/mol. The maximum absolute atomic E-state index is 12.1. The molecule has 0 bridgehead atoms. The Morgan fingerprint density at radius 2 is 2.14 bits per heavy atom. The lowest BCUT2D eigenvalue weighted by atomic mass is 9.94. The molecular formula is C16H22ClNO3. The first-order valence-electron chi connectivity index (χ1n) is 7.34. The number of ether oxygens (including phenoxy) is 2. The molecule has 1 aliphatic rings. The Balaban J connectivity index is 1.72. The van der Waals surface area contributed by atoms with Gasteiger partial charge in [0.25, 0.3) is 5.91 Å². The molecule has 0 atom stereocenters. The molecule has 116 valence electrons. The molecule has 0 aromatic heterocycles. The highest BCUT2D eigenvalue weighted by molar-refractivity contribution is 6.30. The molecule has 0 radical (unpaired) electrons. The van der Waals surface area contributed by atoms with Gasteiger partial charge in [0.2, 0.25) is 0 Å². The van der Waals surface area contributed by atoms with E-state index in [2.05, 4.69) is 0 Å². The van der Waals surface area contributed by atoms with Crippen LogP contribution in [0.2, 0.25) is 5.02 Å². The number of piperidine rings is 1. The average Bonchev–Trinajstić information content (AvgIpc) is 2.51. The van der Waals surface area contributed by atoms with Crippen molar-refractivity contribution < 1.29 is 14.3 Å². The Bertz CT molecular complexity index is 459. The largest absolute Gasteiger partial charge is 0.484 e. The van der Waals surface area contributed by atoms with Gasteiger partial charge in [0.05, 0.1) is 0 Å². The van der Waals surface area contributed by atoms with Crippen molar-refractivity contribution in [2.24, 2.45) is 5.92 Å². The third kappa shape index (κ3) is 5.21. The van der Waals surface area contributed by atoms with Gasteiger partial charge in [-0.1, -0.05) is 17.7 Å². The number of benzene rings is 1. The van der Waals surface area contributed by atoms with Gasteiger partial charge in [0.15, 0.2) is 6.61 Å². The number of hydrogen-bond donors (Lipinski definition) is 0. The van der Waals surface area contributed by atoms with Crippen molar-refractivity contribution in [3.8, 4) is 5.75 Å². The van der Waals surface area contributed by atoms with Gasteiger partial charge in [-0.2, -0.15) is 0 Å². The van der Waals surface area contributed by atoms with Gasteiger partial charge in [0.1, 0.15) is 5.75 Å². The smallest absolute Gasteiger partial charge is 0.260 e. The van der Waals surface area contributed by atoms with Crippen molar-refractivity contribution in [1.82, 2.24) is 4.90 Å². The Kier molecular flexibility index (Phi) is 6.33. The molecule has 0 unspecified atom stereocenters. The number of amides is 1. The van der Waals surface area contributed by atoms with Crippen molar-refractivity contribution in [2.45, 2.75) is 19.3 Å². The van der Waals surface area contributed by atoms with E-state index < -0.39 is 0 Å². The third-order valence-electron chi connectivity index (χ3n) is 3.86. The molecule has 1 heterocycles. The summed E-state index contributed by atoms with van der Waals surface area (Å²) in [6.07, 6.45) is 3.18. The maximum Gasteiger partial charge on any atom is 0.260 e. The summed E-state index contributed by atoms with van der Waals surface area (Å²) in [6.45, 7) is 2.50. The number of carbonyl (C=O) groups excluding carboxylic acids is 1. The van der Waals surface area contributed by atoms with Crippen molar-refractivity contribution in [1.29, 1.82) is 0 Å². The minimum Gasteiger partial charge on any atom is -0.484 e. The number of hydrogen-bond acceptors (Lipinski definition) is 3. The summed E-state index contributed by atoms with van der Waals surface area (Å²) >= 11 is 5.88. The second-order valence-corrected chi connectivity index (χ2v) is 5.79. The molecule has 1 fully saturated rings. The summed E-state index contributed by atoms with van der Waals surface area (Å²) in [5, 5.41) is 0.610. The van der Waals surface area contributed by atoms with Gasteiger partial charge in [-0.05, 0) is 43.4 Å². The molecule has 2 rings (SSSR count). The normalized spacial score (nSPS) is 16.0. The van der Waals surface area contributed by atoms with Crippen LogP contribution in [0.3, 0.4) is 0 Å². The zero-order valence-corrected chi connectivity index (χ0v) is 13.1. The zero-order chi connectivity index (χ0) is 15.1. The number of halogens is 1. The fourth-order valence-electron chi connectivity index (χ4n) is 2.55. The van der Waals surface area contributed by atoms with Crippen LogP contribution in [0.15, 0.2) is 24.3 Å². The maximum atomic E-state index is 12.1. The van der Waals surface area contributed by atoms with Gasteiger partial charge in [-0.3, -0.25) is 4.79 Å². The third-order valence-corrected chi connectivity index (χ3v) is 4.09. The Labute approximate surface area is 131 Å². The second-order valence-electron chi connectivity index (χ2n) is 5.35. The number of nitrogens with zero attached hydrogens (tertiary/aromatic N) is 1. The molecule has 1 amide bonds. The summed E-state index contributed by atoms with van der Waals surface area (Å²) in [7, 11) is 1.73. The van der Waals surface area contributed by atoms with Crippen molar-refractivity contribution in [2.75, 3.05) is 33.4 Å². The van der Waals surface area contributed by atoms with Crippen molar-refractivity contribution in [3.05, 3.63) is 29.3 Å². The van der Waals surface area contributed by atoms with E-state index >= 15 is 0 Å². The molecule has 5 heteroatoms. The summed E-state index contributed by atoms with van der Waals surface area (Å²) < 4.78 is 10.6. The lowest BCUT2D eigenvalue weighted by molar-refractivity contribution is -0.134. The molecule has 1 aromatic rings.